The molecule has 1 N–H and O–H groups in total. The van der Waals surface area contributed by atoms with Crippen LogP contribution < -0.4 is 5.32 Å². The highest BCUT2D eigenvalue weighted by Gasteiger charge is 2.48. The van der Waals surface area contributed by atoms with Gasteiger partial charge in [-0.25, -0.2) is 9.78 Å². The van der Waals surface area contributed by atoms with E-state index < -0.39 is 5.60 Å². The van der Waals surface area contributed by atoms with Crippen LogP contribution in [0.4, 0.5) is 4.79 Å². The van der Waals surface area contributed by atoms with Gasteiger partial charge in [-0.15, -0.1) is 11.3 Å². The number of nitrogens with zero attached hydrogens (tertiary/aromatic N) is 3. The van der Waals surface area contributed by atoms with Crippen molar-refractivity contribution in [3.05, 3.63) is 23.5 Å². The summed E-state index contributed by atoms with van der Waals surface area (Å²) in [5.74, 6) is 1.36. The van der Waals surface area contributed by atoms with Crippen molar-refractivity contribution >= 4 is 28.3 Å². The molecule has 152 valence electrons. The summed E-state index contributed by atoms with van der Waals surface area (Å²) in [7, 11) is 0. The molecule has 3 heterocycles. The summed E-state index contributed by atoms with van der Waals surface area (Å²) in [6.07, 6.45) is 5.56. The van der Waals surface area contributed by atoms with Gasteiger partial charge in [0.15, 0.2) is 4.96 Å². The predicted molar refractivity (Wildman–Crippen MR) is 108 cm³/mol. The van der Waals surface area contributed by atoms with Crippen LogP contribution in [-0.4, -0.2) is 51.0 Å². The maximum absolute atomic E-state index is 12.8. The van der Waals surface area contributed by atoms with Gasteiger partial charge in [0.2, 0.25) is 0 Å². The van der Waals surface area contributed by atoms with Crippen molar-refractivity contribution < 1.29 is 14.3 Å². The summed E-state index contributed by atoms with van der Waals surface area (Å²) in [5.41, 5.74) is -0.122. The van der Waals surface area contributed by atoms with Gasteiger partial charge in [-0.05, 0) is 51.4 Å². The number of hydrogen-bond acceptors (Lipinski definition) is 5. The molecule has 1 saturated carbocycles. The molecular weight excluding hydrogens is 376 g/mol. The number of imidazole rings is 1. The predicted octanol–water partition coefficient (Wildman–Crippen LogP) is 3.41. The van der Waals surface area contributed by atoms with Crippen molar-refractivity contribution in [1.82, 2.24) is 19.6 Å². The second-order valence-electron chi connectivity index (χ2n) is 9.13. The maximum atomic E-state index is 12.8. The first-order valence-electron chi connectivity index (χ1n) is 9.91. The molecular formula is C20H28N4O3S. The van der Waals surface area contributed by atoms with E-state index in [1.807, 2.05) is 41.6 Å². The minimum atomic E-state index is -0.530. The number of thiazole rings is 1. The molecule has 2 amide bonds. The summed E-state index contributed by atoms with van der Waals surface area (Å²) in [4.78, 5) is 32.4. The standard InChI is InChI=1S/C20H28N4O3S/c1-12-7-13-10-24(19(26)27-20(2,3)4)16(14(13)8-12)9-21-17(25)15-11-23-5-6-28-18(23)22-15/h5-6,11-14,16H,7-10H2,1-4H3,(H,21,25)/t12?,13?,14-,16?/m0/s1. The Morgan fingerprint density at radius 1 is 1.36 bits per heavy atom. The van der Waals surface area contributed by atoms with Crippen LogP contribution in [-0.2, 0) is 4.74 Å². The molecule has 2 aliphatic rings. The zero-order chi connectivity index (χ0) is 20.1. The highest BCUT2D eigenvalue weighted by molar-refractivity contribution is 7.15. The van der Waals surface area contributed by atoms with Crippen LogP contribution in [0.25, 0.3) is 4.96 Å². The van der Waals surface area contributed by atoms with E-state index in [4.69, 9.17) is 4.74 Å². The minimum absolute atomic E-state index is 0.0301. The fourth-order valence-electron chi connectivity index (χ4n) is 4.66. The van der Waals surface area contributed by atoms with Crippen LogP contribution in [0.2, 0.25) is 0 Å². The van der Waals surface area contributed by atoms with Crippen molar-refractivity contribution in [3.63, 3.8) is 0 Å². The Balaban J connectivity index is 1.46. The SMILES string of the molecule is CC1CC2CN(C(=O)OC(C)(C)C)C(CNC(=O)c3cn4ccsc4n3)[C@H]2C1. The molecule has 1 aliphatic heterocycles. The average Bonchev–Trinajstić information content (AvgIpc) is 3.29. The zero-order valence-electron chi connectivity index (χ0n) is 16.8. The third-order valence-electron chi connectivity index (χ3n) is 5.74. The molecule has 2 aromatic rings. The van der Waals surface area contributed by atoms with Crippen LogP contribution in [0.1, 0.15) is 51.0 Å². The fraction of sp³-hybridized carbons (Fsp3) is 0.650. The molecule has 0 spiro atoms. The number of fused-ring (bicyclic) bond motifs is 2. The Labute approximate surface area is 169 Å². The van der Waals surface area contributed by atoms with Crippen molar-refractivity contribution in [2.45, 2.75) is 52.2 Å². The number of carbonyl (C=O) groups is 2. The van der Waals surface area contributed by atoms with Gasteiger partial charge in [-0.3, -0.25) is 9.20 Å². The van der Waals surface area contributed by atoms with E-state index in [0.717, 1.165) is 17.8 Å². The lowest BCUT2D eigenvalue weighted by atomic mass is 9.94. The highest BCUT2D eigenvalue weighted by Crippen LogP contribution is 2.45. The second kappa shape index (κ2) is 7.06. The Hall–Kier alpha value is -2.09. The van der Waals surface area contributed by atoms with E-state index in [1.54, 1.807) is 6.20 Å². The van der Waals surface area contributed by atoms with Crippen molar-refractivity contribution in [2.75, 3.05) is 13.1 Å². The molecule has 2 aromatic heterocycles. The van der Waals surface area contributed by atoms with E-state index in [9.17, 15) is 9.59 Å². The minimum Gasteiger partial charge on any atom is -0.444 e. The van der Waals surface area contributed by atoms with Crippen molar-refractivity contribution in [3.8, 4) is 0 Å². The van der Waals surface area contributed by atoms with E-state index in [1.165, 1.54) is 11.3 Å². The molecule has 7 nitrogen and oxygen atoms in total. The van der Waals surface area contributed by atoms with Gasteiger partial charge in [0.1, 0.15) is 11.3 Å². The lowest BCUT2D eigenvalue weighted by Gasteiger charge is -2.31. The van der Waals surface area contributed by atoms with Gasteiger partial charge >= 0.3 is 6.09 Å². The number of aromatic nitrogens is 2. The average molecular weight is 405 g/mol. The largest absolute Gasteiger partial charge is 0.444 e. The summed E-state index contributed by atoms with van der Waals surface area (Å²) < 4.78 is 7.47. The maximum Gasteiger partial charge on any atom is 0.410 e. The monoisotopic (exact) mass is 404 g/mol. The number of rotatable bonds is 3. The lowest BCUT2D eigenvalue weighted by molar-refractivity contribution is 0.0196. The number of likely N-dealkylation sites (tertiary alicyclic amines) is 1. The molecule has 3 unspecified atom stereocenters. The number of ether oxygens (including phenoxy) is 1. The van der Waals surface area contributed by atoms with Crippen LogP contribution in [0.5, 0.6) is 0 Å². The Morgan fingerprint density at radius 3 is 2.86 bits per heavy atom. The summed E-state index contributed by atoms with van der Waals surface area (Å²) in [5, 5.41) is 4.94. The van der Waals surface area contributed by atoms with Crippen LogP contribution >= 0.6 is 11.3 Å². The lowest BCUT2D eigenvalue weighted by Crippen LogP contribution is -2.47. The molecule has 1 saturated heterocycles. The van der Waals surface area contributed by atoms with Gasteiger partial charge in [0.05, 0.1) is 6.04 Å². The highest BCUT2D eigenvalue weighted by atomic mass is 32.1. The van der Waals surface area contributed by atoms with E-state index in [-0.39, 0.29) is 18.0 Å². The zero-order valence-corrected chi connectivity index (χ0v) is 17.7. The quantitative estimate of drug-likeness (QED) is 0.851. The Bertz CT molecular complexity index is 855. The van der Waals surface area contributed by atoms with E-state index in [0.29, 0.717) is 36.5 Å². The molecule has 1 aliphatic carbocycles. The summed E-state index contributed by atoms with van der Waals surface area (Å²) in [6.45, 7) is 9.05. The Kier molecular flexibility index (Phi) is 4.85. The van der Waals surface area contributed by atoms with Gasteiger partial charge in [0.25, 0.3) is 5.91 Å². The van der Waals surface area contributed by atoms with Gasteiger partial charge in [0, 0.05) is 30.9 Å². The second-order valence-corrected chi connectivity index (χ2v) is 10.0. The van der Waals surface area contributed by atoms with Crippen LogP contribution in [0.3, 0.4) is 0 Å². The van der Waals surface area contributed by atoms with Crippen LogP contribution in [0, 0.1) is 17.8 Å². The van der Waals surface area contributed by atoms with Crippen molar-refractivity contribution in [1.29, 1.82) is 0 Å². The normalized spacial score (nSPS) is 27.2. The van der Waals surface area contributed by atoms with Crippen LogP contribution in [0.15, 0.2) is 17.8 Å². The van der Waals surface area contributed by atoms with Crippen molar-refractivity contribution in [2.24, 2.45) is 17.8 Å². The molecule has 28 heavy (non-hydrogen) atoms. The number of hydrogen-bond donors (Lipinski definition) is 1. The smallest absolute Gasteiger partial charge is 0.410 e. The molecule has 4 rings (SSSR count). The number of nitrogens with one attached hydrogen (secondary N) is 1. The van der Waals surface area contributed by atoms with Gasteiger partial charge < -0.3 is 15.0 Å². The third-order valence-corrected chi connectivity index (χ3v) is 6.51. The third kappa shape index (κ3) is 3.74. The topological polar surface area (TPSA) is 75.9 Å². The first-order chi connectivity index (χ1) is 13.2. The van der Waals surface area contributed by atoms with E-state index >= 15 is 0 Å². The van der Waals surface area contributed by atoms with E-state index in [2.05, 4.69) is 17.2 Å². The van der Waals surface area contributed by atoms with Gasteiger partial charge in [-0.2, -0.15) is 0 Å². The molecule has 0 radical (unpaired) electrons. The molecule has 4 atom stereocenters. The molecule has 2 fully saturated rings. The molecule has 0 bridgehead atoms. The Morgan fingerprint density at radius 2 is 2.14 bits per heavy atom. The number of carbonyl (C=O) groups excluding carboxylic acids is 2. The summed E-state index contributed by atoms with van der Waals surface area (Å²) in [6, 6.07) is -0.0301. The summed E-state index contributed by atoms with van der Waals surface area (Å²) >= 11 is 1.49. The molecule has 8 heteroatoms. The number of amides is 2. The first-order valence-corrected chi connectivity index (χ1v) is 10.8. The first kappa shape index (κ1) is 19.2. The fourth-order valence-corrected chi connectivity index (χ4v) is 5.36. The van der Waals surface area contributed by atoms with Gasteiger partial charge in [-0.1, -0.05) is 6.92 Å². The molecule has 0 aromatic carbocycles.